The first-order chi connectivity index (χ1) is 16.1. The van der Waals surface area contributed by atoms with E-state index in [1.54, 1.807) is 36.4 Å². The number of amides is 1. The second-order valence-corrected chi connectivity index (χ2v) is 8.71. The number of halogens is 1. The van der Waals surface area contributed by atoms with Gasteiger partial charge in [0.2, 0.25) is 5.78 Å². The summed E-state index contributed by atoms with van der Waals surface area (Å²) < 4.78 is 12.3. The number of carbonyl (C=O) groups excluding carboxylic acids is 2. The van der Waals surface area contributed by atoms with Gasteiger partial charge in [-0.3, -0.25) is 9.59 Å². The van der Waals surface area contributed by atoms with Crippen LogP contribution in [-0.4, -0.2) is 18.3 Å². The van der Waals surface area contributed by atoms with Gasteiger partial charge in [0.05, 0.1) is 17.3 Å². The minimum absolute atomic E-state index is 0.0611. The number of nitrogens with one attached hydrogen (secondary N) is 1. The summed E-state index contributed by atoms with van der Waals surface area (Å²) in [6.45, 7) is 2.43. The number of para-hydroxylation sites is 1. The van der Waals surface area contributed by atoms with E-state index in [0.29, 0.717) is 44.5 Å². The first kappa shape index (κ1) is 21.2. The highest BCUT2D eigenvalue weighted by molar-refractivity contribution is 7.21. The summed E-state index contributed by atoms with van der Waals surface area (Å²) in [5.74, 6) is -0.00184. The zero-order chi connectivity index (χ0) is 22.9. The van der Waals surface area contributed by atoms with Crippen molar-refractivity contribution in [2.24, 2.45) is 0 Å². The lowest BCUT2D eigenvalue weighted by atomic mass is 10.1. The first-order valence-corrected chi connectivity index (χ1v) is 11.5. The SMILES string of the molecule is CCOc1ccc(C(=O)c2oc3ccccc3c2NC(=O)c2sc3ccccc3c2Cl)cc1. The molecule has 1 amide bonds. The van der Waals surface area contributed by atoms with E-state index in [4.69, 9.17) is 20.8 Å². The lowest BCUT2D eigenvalue weighted by molar-refractivity contribution is 0.101. The van der Waals surface area contributed by atoms with E-state index in [2.05, 4.69) is 5.32 Å². The highest BCUT2D eigenvalue weighted by atomic mass is 35.5. The maximum absolute atomic E-state index is 13.3. The zero-order valence-electron chi connectivity index (χ0n) is 17.6. The highest BCUT2D eigenvalue weighted by Crippen LogP contribution is 2.37. The van der Waals surface area contributed by atoms with Crippen LogP contribution < -0.4 is 10.1 Å². The summed E-state index contributed by atoms with van der Waals surface area (Å²) in [6.07, 6.45) is 0. The minimum atomic E-state index is -0.395. The van der Waals surface area contributed by atoms with Crippen LogP contribution in [0, 0.1) is 0 Å². The molecular formula is C26H18ClNO4S. The van der Waals surface area contributed by atoms with E-state index in [9.17, 15) is 9.59 Å². The van der Waals surface area contributed by atoms with Crippen LogP contribution in [0.25, 0.3) is 21.1 Å². The molecule has 0 radical (unpaired) electrons. The minimum Gasteiger partial charge on any atom is -0.494 e. The van der Waals surface area contributed by atoms with Gasteiger partial charge in [-0.1, -0.05) is 41.9 Å². The molecule has 164 valence electrons. The van der Waals surface area contributed by atoms with Crippen molar-refractivity contribution in [3.63, 3.8) is 0 Å². The quantitative estimate of drug-likeness (QED) is 0.264. The normalized spacial score (nSPS) is 11.1. The number of ether oxygens (including phenoxy) is 1. The van der Waals surface area contributed by atoms with Crippen LogP contribution in [0.15, 0.2) is 77.2 Å². The van der Waals surface area contributed by atoms with Gasteiger partial charge in [-0.15, -0.1) is 11.3 Å². The van der Waals surface area contributed by atoms with E-state index < -0.39 is 5.91 Å². The third-order valence-corrected chi connectivity index (χ3v) is 6.88. The molecule has 2 heterocycles. The number of hydrogen-bond acceptors (Lipinski definition) is 5. The lowest BCUT2D eigenvalue weighted by Crippen LogP contribution is -2.13. The van der Waals surface area contributed by atoms with E-state index in [1.807, 2.05) is 43.3 Å². The maximum atomic E-state index is 13.3. The Bertz CT molecular complexity index is 1500. The fraction of sp³-hybridized carbons (Fsp3) is 0.0769. The predicted molar refractivity (Wildman–Crippen MR) is 132 cm³/mol. The fourth-order valence-corrected chi connectivity index (χ4v) is 5.07. The van der Waals surface area contributed by atoms with Crippen LogP contribution in [-0.2, 0) is 0 Å². The molecule has 0 fully saturated rings. The van der Waals surface area contributed by atoms with Crippen LogP contribution in [0.1, 0.15) is 32.7 Å². The number of benzene rings is 3. The average molecular weight is 476 g/mol. The van der Waals surface area contributed by atoms with Gasteiger partial charge in [-0.05, 0) is 49.4 Å². The highest BCUT2D eigenvalue weighted by Gasteiger charge is 2.25. The standard InChI is InChI=1S/C26H18ClNO4S/c1-2-31-16-13-11-15(12-14-16)23(29)24-22(17-7-3-5-9-19(17)32-24)28-26(30)25-21(27)18-8-4-6-10-20(18)33-25/h3-14H,2H2,1H3,(H,28,30). The summed E-state index contributed by atoms with van der Waals surface area (Å²) in [6, 6.07) is 21.6. The molecule has 0 aliphatic heterocycles. The second-order valence-electron chi connectivity index (χ2n) is 7.28. The molecule has 3 aromatic carbocycles. The van der Waals surface area contributed by atoms with Gasteiger partial charge in [-0.25, -0.2) is 0 Å². The molecule has 0 saturated heterocycles. The molecule has 0 unspecified atom stereocenters. The Morgan fingerprint density at radius 3 is 2.39 bits per heavy atom. The van der Waals surface area contributed by atoms with E-state index in [0.717, 1.165) is 10.1 Å². The number of furan rings is 1. The first-order valence-electron chi connectivity index (χ1n) is 10.3. The summed E-state index contributed by atoms with van der Waals surface area (Å²) >= 11 is 7.80. The number of carbonyl (C=O) groups is 2. The predicted octanol–water partition coefficient (Wildman–Crippen LogP) is 7.18. The van der Waals surface area contributed by atoms with Crippen molar-refractivity contribution in [3.8, 4) is 5.75 Å². The molecule has 0 aliphatic rings. The molecule has 0 saturated carbocycles. The van der Waals surface area contributed by atoms with Crippen molar-refractivity contribution in [1.82, 2.24) is 0 Å². The van der Waals surface area contributed by atoms with Gasteiger partial charge in [0.15, 0.2) is 5.76 Å². The van der Waals surface area contributed by atoms with Crippen LogP contribution in [0.4, 0.5) is 5.69 Å². The molecule has 7 heteroatoms. The van der Waals surface area contributed by atoms with Crippen LogP contribution in [0.5, 0.6) is 5.75 Å². The number of anilines is 1. The monoisotopic (exact) mass is 475 g/mol. The van der Waals surface area contributed by atoms with Crippen LogP contribution >= 0.6 is 22.9 Å². The van der Waals surface area contributed by atoms with Crippen molar-refractivity contribution in [3.05, 3.63) is 94.0 Å². The summed E-state index contributed by atoms with van der Waals surface area (Å²) in [7, 11) is 0. The molecule has 5 nitrogen and oxygen atoms in total. The Morgan fingerprint density at radius 1 is 0.970 bits per heavy atom. The number of hydrogen-bond donors (Lipinski definition) is 1. The number of ketones is 1. The average Bonchev–Trinajstić information content (AvgIpc) is 3.37. The number of rotatable bonds is 6. The van der Waals surface area contributed by atoms with Gasteiger partial charge in [0.1, 0.15) is 16.2 Å². The third kappa shape index (κ3) is 3.88. The zero-order valence-corrected chi connectivity index (χ0v) is 19.1. The summed E-state index contributed by atoms with van der Waals surface area (Å²) in [4.78, 5) is 26.9. The second kappa shape index (κ2) is 8.73. The molecule has 33 heavy (non-hydrogen) atoms. The Morgan fingerprint density at radius 2 is 1.67 bits per heavy atom. The molecule has 5 aromatic rings. The molecule has 5 rings (SSSR count). The van der Waals surface area contributed by atoms with Gasteiger partial charge >= 0.3 is 0 Å². The maximum Gasteiger partial charge on any atom is 0.267 e. The molecule has 2 aromatic heterocycles. The van der Waals surface area contributed by atoms with Crippen molar-refractivity contribution in [1.29, 1.82) is 0 Å². The topological polar surface area (TPSA) is 68.5 Å². The number of thiophene rings is 1. The van der Waals surface area contributed by atoms with Gasteiger partial charge in [0.25, 0.3) is 5.91 Å². The van der Waals surface area contributed by atoms with E-state index >= 15 is 0 Å². The van der Waals surface area contributed by atoms with E-state index in [1.165, 1.54) is 11.3 Å². The van der Waals surface area contributed by atoms with Gasteiger partial charge in [0, 0.05) is 21.0 Å². The summed E-state index contributed by atoms with van der Waals surface area (Å²) in [5.41, 5.74) is 1.25. The third-order valence-electron chi connectivity index (χ3n) is 5.21. The Labute approximate surface area is 198 Å². The molecule has 0 atom stereocenters. The summed E-state index contributed by atoms with van der Waals surface area (Å²) in [5, 5.41) is 4.72. The Kier molecular flexibility index (Phi) is 5.62. The van der Waals surface area contributed by atoms with Crippen molar-refractivity contribution < 1.29 is 18.7 Å². The van der Waals surface area contributed by atoms with Crippen molar-refractivity contribution in [2.45, 2.75) is 6.92 Å². The molecule has 0 spiro atoms. The largest absolute Gasteiger partial charge is 0.494 e. The lowest BCUT2D eigenvalue weighted by Gasteiger charge is -2.06. The van der Waals surface area contributed by atoms with Gasteiger partial charge in [-0.2, -0.15) is 0 Å². The number of fused-ring (bicyclic) bond motifs is 2. The van der Waals surface area contributed by atoms with Crippen LogP contribution in [0.2, 0.25) is 5.02 Å². The molecular weight excluding hydrogens is 458 g/mol. The van der Waals surface area contributed by atoms with Crippen molar-refractivity contribution >= 4 is 61.4 Å². The van der Waals surface area contributed by atoms with E-state index in [-0.39, 0.29) is 11.5 Å². The van der Waals surface area contributed by atoms with Gasteiger partial charge < -0.3 is 14.5 Å². The molecule has 0 bridgehead atoms. The smallest absolute Gasteiger partial charge is 0.267 e. The van der Waals surface area contributed by atoms with Crippen LogP contribution in [0.3, 0.4) is 0 Å². The molecule has 0 aliphatic carbocycles. The van der Waals surface area contributed by atoms with Crippen molar-refractivity contribution in [2.75, 3.05) is 11.9 Å². The fourth-order valence-electron chi connectivity index (χ4n) is 3.66. The molecule has 1 N–H and O–H groups in total. The Balaban J connectivity index is 1.54. The Hall–Kier alpha value is -3.61.